The molecule has 1 aromatic rings. The fourth-order valence-electron chi connectivity index (χ4n) is 3.08. The Bertz CT molecular complexity index is 521. The van der Waals surface area contributed by atoms with E-state index >= 15 is 0 Å². The average Bonchev–Trinajstić information content (AvgIpc) is 2.48. The number of nitrogens with one attached hydrogen (secondary N) is 1. The second-order valence-corrected chi connectivity index (χ2v) is 5.65. The van der Waals surface area contributed by atoms with E-state index < -0.39 is 11.9 Å². The predicted molar refractivity (Wildman–Crippen MR) is 69.7 cm³/mol. The van der Waals surface area contributed by atoms with Gasteiger partial charge in [-0.15, -0.1) is 0 Å². The van der Waals surface area contributed by atoms with Crippen molar-refractivity contribution in [2.45, 2.75) is 25.1 Å². The summed E-state index contributed by atoms with van der Waals surface area (Å²) in [6.45, 7) is 2.96. The van der Waals surface area contributed by atoms with Gasteiger partial charge in [0.2, 0.25) is 0 Å². The molecule has 7 heteroatoms. The number of aromatic nitrogens is 1. The zero-order valence-electron chi connectivity index (χ0n) is 11.4. The molecule has 4 heterocycles. The summed E-state index contributed by atoms with van der Waals surface area (Å²) in [5.41, 5.74) is -0.818. The molecule has 4 nitrogen and oxygen atoms in total. The Labute approximate surface area is 120 Å². The largest absolute Gasteiger partial charge is 0.433 e. The molecule has 0 aliphatic carbocycles. The molecule has 3 fully saturated rings. The van der Waals surface area contributed by atoms with Crippen LogP contribution in [0.2, 0.25) is 0 Å². The second-order valence-electron chi connectivity index (χ2n) is 5.65. The first kappa shape index (κ1) is 14.3. The average molecular weight is 299 g/mol. The minimum absolute atomic E-state index is 0.0855. The van der Waals surface area contributed by atoms with Crippen LogP contribution in [0.4, 0.5) is 13.2 Å². The minimum Gasteiger partial charge on any atom is -0.348 e. The molecule has 3 aliphatic heterocycles. The van der Waals surface area contributed by atoms with Crippen molar-refractivity contribution in [3.05, 3.63) is 29.6 Å². The SMILES string of the molecule is O=C(N[C@H]1CN2CCC1CC2)c1ccc(C(F)(F)F)nc1. The fraction of sp³-hybridized carbons (Fsp3) is 0.571. The third kappa shape index (κ3) is 3.02. The van der Waals surface area contributed by atoms with E-state index in [9.17, 15) is 18.0 Å². The Morgan fingerprint density at radius 1 is 1.29 bits per heavy atom. The third-order valence-corrected chi connectivity index (χ3v) is 4.29. The molecule has 0 unspecified atom stereocenters. The molecule has 3 saturated heterocycles. The van der Waals surface area contributed by atoms with E-state index in [1.807, 2.05) is 0 Å². The van der Waals surface area contributed by atoms with Crippen LogP contribution in [0.25, 0.3) is 0 Å². The lowest BCUT2D eigenvalue weighted by atomic mass is 9.84. The highest BCUT2D eigenvalue weighted by molar-refractivity contribution is 5.94. The van der Waals surface area contributed by atoms with Gasteiger partial charge in [-0.3, -0.25) is 9.78 Å². The van der Waals surface area contributed by atoms with Crippen molar-refractivity contribution >= 4 is 5.91 Å². The van der Waals surface area contributed by atoms with Crippen LogP contribution < -0.4 is 5.32 Å². The van der Waals surface area contributed by atoms with E-state index in [4.69, 9.17) is 0 Å². The number of piperidine rings is 3. The van der Waals surface area contributed by atoms with Gasteiger partial charge in [-0.05, 0) is 44.0 Å². The third-order valence-electron chi connectivity index (χ3n) is 4.29. The standard InChI is InChI=1S/C14H16F3N3O/c15-14(16,17)12-2-1-10(7-18-12)13(21)19-11-8-20-5-3-9(11)4-6-20/h1-2,7,9,11H,3-6,8H2,(H,19,21)/t11-/m0/s1. The molecule has 1 amide bonds. The first-order valence-electron chi connectivity index (χ1n) is 7.00. The molecule has 0 saturated carbocycles. The van der Waals surface area contributed by atoms with Gasteiger partial charge in [-0.25, -0.2) is 0 Å². The topological polar surface area (TPSA) is 45.2 Å². The highest BCUT2D eigenvalue weighted by Crippen LogP contribution is 2.28. The number of fused-ring (bicyclic) bond motifs is 3. The van der Waals surface area contributed by atoms with Crippen molar-refractivity contribution in [1.82, 2.24) is 15.2 Å². The molecular formula is C14H16F3N3O. The fourth-order valence-corrected chi connectivity index (χ4v) is 3.08. The smallest absolute Gasteiger partial charge is 0.348 e. The van der Waals surface area contributed by atoms with E-state index in [2.05, 4.69) is 15.2 Å². The number of rotatable bonds is 2. The number of carbonyl (C=O) groups is 1. The van der Waals surface area contributed by atoms with Gasteiger partial charge in [0, 0.05) is 18.8 Å². The molecule has 1 atom stereocenters. The maximum absolute atomic E-state index is 12.4. The number of nitrogens with zero attached hydrogens (tertiary/aromatic N) is 2. The van der Waals surface area contributed by atoms with Crippen LogP contribution in [0.5, 0.6) is 0 Å². The number of pyridine rings is 1. The predicted octanol–water partition coefficient (Wildman–Crippen LogP) is 1.92. The van der Waals surface area contributed by atoms with Crippen LogP contribution in [0.1, 0.15) is 28.9 Å². The van der Waals surface area contributed by atoms with Crippen molar-refractivity contribution in [3.8, 4) is 0 Å². The summed E-state index contributed by atoms with van der Waals surface area (Å²) >= 11 is 0. The summed E-state index contributed by atoms with van der Waals surface area (Å²) in [5, 5.41) is 2.92. The van der Waals surface area contributed by atoms with Crippen molar-refractivity contribution in [2.75, 3.05) is 19.6 Å². The van der Waals surface area contributed by atoms with Gasteiger partial charge >= 0.3 is 6.18 Å². The molecule has 4 rings (SSSR count). The Morgan fingerprint density at radius 2 is 2.00 bits per heavy atom. The van der Waals surface area contributed by atoms with E-state index in [0.717, 1.165) is 44.7 Å². The van der Waals surface area contributed by atoms with Crippen molar-refractivity contribution in [2.24, 2.45) is 5.92 Å². The number of halogens is 3. The molecular weight excluding hydrogens is 283 g/mol. The zero-order chi connectivity index (χ0) is 15.0. The molecule has 2 bridgehead atoms. The molecule has 0 radical (unpaired) electrons. The summed E-state index contributed by atoms with van der Waals surface area (Å²) in [6.07, 6.45) is -1.36. The number of hydrogen-bond acceptors (Lipinski definition) is 3. The quantitative estimate of drug-likeness (QED) is 0.907. The summed E-state index contributed by atoms with van der Waals surface area (Å²) < 4.78 is 37.3. The molecule has 1 aromatic heterocycles. The lowest BCUT2D eigenvalue weighted by Gasteiger charge is -2.44. The maximum atomic E-state index is 12.4. The maximum Gasteiger partial charge on any atom is 0.433 e. The van der Waals surface area contributed by atoms with E-state index in [1.54, 1.807) is 0 Å². The zero-order valence-corrected chi connectivity index (χ0v) is 11.4. The Hall–Kier alpha value is -1.63. The normalized spacial score (nSPS) is 28.4. The van der Waals surface area contributed by atoms with Gasteiger partial charge in [0.15, 0.2) is 0 Å². The molecule has 0 aromatic carbocycles. The van der Waals surface area contributed by atoms with Crippen LogP contribution in [-0.2, 0) is 6.18 Å². The molecule has 1 N–H and O–H groups in total. The summed E-state index contributed by atoms with van der Waals surface area (Å²) in [4.78, 5) is 17.7. The van der Waals surface area contributed by atoms with E-state index in [-0.39, 0.29) is 17.5 Å². The van der Waals surface area contributed by atoms with Gasteiger partial charge in [-0.2, -0.15) is 13.2 Å². The molecule has 114 valence electrons. The number of alkyl halides is 3. The van der Waals surface area contributed by atoms with Crippen LogP contribution >= 0.6 is 0 Å². The number of amides is 1. The van der Waals surface area contributed by atoms with Crippen molar-refractivity contribution < 1.29 is 18.0 Å². The second kappa shape index (κ2) is 5.29. The monoisotopic (exact) mass is 299 g/mol. The van der Waals surface area contributed by atoms with E-state index in [0.29, 0.717) is 5.92 Å². The lowest BCUT2D eigenvalue weighted by molar-refractivity contribution is -0.141. The van der Waals surface area contributed by atoms with E-state index in [1.165, 1.54) is 6.07 Å². The van der Waals surface area contributed by atoms with Gasteiger partial charge in [0.05, 0.1) is 5.56 Å². The van der Waals surface area contributed by atoms with Crippen molar-refractivity contribution in [1.29, 1.82) is 0 Å². The Kier molecular flexibility index (Phi) is 3.61. The Balaban J connectivity index is 1.65. The minimum atomic E-state index is -4.48. The van der Waals surface area contributed by atoms with Gasteiger partial charge in [0.25, 0.3) is 5.91 Å². The van der Waals surface area contributed by atoms with Gasteiger partial charge in [0.1, 0.15) is 5.69 Å². The summed E-state index contributed by atoms with van der Waals surface area (Å²) in [5.74, 6) is 0.122. The number of carbonyl (C=O) groups excluding carboxylic acids is 1. The molecule has 3 aliphatic rings. The van der Waals surface area contributed by atoms with Gasteiger partial charge < -0.3 is 10.2 Å². The molecule has 0 spiro atoms. The van der Waals surface area contributed by atoms with Crippen LogP contribution in [0.3, 0.4) is 0 Å². The highest BCUT2D eigenvalue weighted by atomic mass is 19.4. The first-order chi connectivity index (χ1) is 9.93. The molecule has 21 heavy (non-hydrogen) atoms. The van der Waals surface area contributed by atoms with Gasteiger partial charge in [-0.1, -0.05) is 0 Å². The lowest BCUT2D eigenvalue weighted by Crippen LogP contribution is -2.57. The summed E-state index contributed by atoms with van der Waals surface area (Å²) in [6, 6.07) is 2.10. The van der Waals surface area contributed by atoms with Crippen LogP contribution in [0, 0.1) is 5.92 Å². The van der Waals surface area contributed by atoms with Crippen molar-refractivity contribution in [3.63, 3.8) is 0 Å². The first-order valence-corrected chi connectivity index (χ1v) is 7.00. The number of hydrogen-bond donors (Lipinski definition) is 1. The Morgan fingerprint density at radius 3 is 2.48 bits per heavy atom. The van der Waals surface area contributed by atoms with Crippen LogP contribution in [0.15, 0.2) is 18.3 Å². The highest BCUT2D eigenvalue weighted by Gasteiger charge is 2.35. The summed E-state index contributed by atoms with van der Waals surface area (Å²) in [7, 11) is 0. The van der Waals surface area contributed by atoms with Crippen LogP contribution in [-0.4, -0.2) is 41.5 Å².